The zero-order valence-corrected chi connectivity index (χ0v) is 12.1. The topological polar surface area (TPSA) is 20.3 Å². The van der Waals surface area contributed by atoms with Gasteiger partial charge in [0.15, 0.2) is 0 Å². The normalized spacial score (nSPS) is 35.7. The Balaban J connectivity index is 1.60. The van der Waals surface area contributed by atoms with Gasteiger partial charge in [0.25, 0.3) is 0 Å². The Bertz CT molecular complexity index is 501. The maximum Gasteiger partial charge on any atom is 0.226 e. The molecule has 5 rings (SSSR count). The SMILES string of the molecule is O=C(C1[C@@H]2CC[C@@]1(c1ccccc1)C2)N1CCCCC1. The minimum Gasteiger partial charge on any atom is -0.342 e. The first-order valence-electron chi connectivity index (χ1n) is 8.16. The Hall–Kier alpha value is -1.31. The summed E-state index contributed by atoms with van der Waals surface area (Å²) in [7, 11) is 0. The first kappa shape index (κ1) is 12.4. The molecule has 3 aliphatic carbocycles. The highest BCUT2D eigenvalue weighted by molar-refractivity contribution is 5.83. The van der Waals surface area contributed by atoms with Crippen LogP contribution in [0.2, 0.25) is 0 Å². The van der Waals surface area contributed by atoms with E-state index in [0.717, 1.165) is 13.1 Å². The molecule has 2 bridgehead atoms. The van der Waals surface area contributed by atoms with Crippen LogP contribution in [0.25, 0.3) is 0 Å². The van der Waals surface area contributed by atoms with Crippen molar-refractivity contribution in [2.24, 2.45) is 11.8 Å². The summed E-state index contributed by atoms with van der Waals surface area (Å²) in [5.41, 5.74) is 1.59. The average molecular weight is 269 g/mol. The van der Waals surface area contributed by atoms with E-state index < -0.39 is 0 Å². The fourth-order valence-corrected chi connectivity index (χ4v) is 4.93. The van der Waals surface area contributed by atoms with Gasteiger partial charge in [0, 0.05) is 18.5 Å². The van der Waals surface area contributed by atoms with Crippen LogP contribution in [0.1, 0.15) is 44.1 Å². The molecular weight excluding hydrogens is 246 g/mol. The van der Waals surface area contributed by atoms with Crippen molar-refractivity contribution in [3.63, 3.8) is 0 Å². The number of hydrogen-bond donors (Lipinski definition) is 0. The van der Waals surface area contributed by atoms with Crippen LogP contribution in [0, 0.1) is 11.8 Å². The molecule has 1 aromatic rings. The second-order valence-corrected chi connectivity index (χ2v) is 6.89. The zero-order chi connectivity index (χ0) is 13.6. The first-order valence-corrected chi connectivity index (χ1v) is 8.16. The van der Waals surface area contributed by atoms with Crippen molar-refractivity contribution in [2.45, 2.75) is 43.9 Å². The molecule has 1 aromatic carbocycles. The number of fused-ring (bicyclic) bond motifs is 1. The lowest BCUT2D eigenvalue weighted by Crippen LogP contribution is -2.54. The van der Waals surface area contributed by atoms with Gasteiger partial charge in [-0.2, -0.15) is 0 Å². The molecule has 2 heteroatoms. The van der Waals surface area contributed by atoms with Gasteiger partial charge in [-0.1, -0.05) is 30.3 Å². The second-order valence-electron chi connectivity index (χ2n) is 6.89. The number of nitrogens with zero attached hydrogens (tertiary/aromatic N) is 1. The number of piperidine rings is 1. The van der Waals surface area contributed by atoms with Gasteiger partial charge < -0.3 is 4.90 Å². The van der Waals surface area contributed by atoms with E-state index in [0.29, 0.717) is 11.8 Å². The molecule has 0 N–H and O–H groups in total. The number of carbonyl (C=O) groups excluding carboxylic acids is 1. The Kier molecular flexibility index (Phi) is 2.87. The van der Waals surface area contributed by atoms with Crippen LogP contribution in [0.3, 0.4) is 0 Å². The van der Waals surface area contributed by atoms with E-state index in [1.165, 1.54) is 44.1 Å². The lowest BCUT2D eigenvalue weighted by molar-refractivity contribution is -0.144. The van der Waals surface area contributed by atoms with Crippen molar-refractivity contribution in [3.8, 4) is 0 Å². The molecular formula is C18H23NO. The van der Waals surface area contributed by atoms with E-state index in [1.807, 2.05) is 0 Å². The minimum absolute atomic E-state index is 0.181. The van der Waals surface area contributed by atoms with E-state index in [1.54, 1.807) is 0 Å². The average Bonchev–Trinajstić information content (AvgIpc) is 3.09. The summed E-state index contributed by atoms with van der Waals surface area (Å²) >= 11 is 0. The summed E-state index contributed by atoms with van der Waals surface area (Å²) < 4.78 is 0. The van der Waals surface area contributed by atoms with Crippen molar-refractivity contribution in [3.05, 3.63) is 35.9 Å². The standard InChI is InChI=1S/C18H23NO/c20-17(19-11-5-2-6-12-19)16-14-9-10-18(16,13-14)15-7-3-1-4-8-15/h1,3-4,7-8,14,16H,2,5-6,9-13H2/t14-,16?,18+/m1/s1. The molecule has 0 aromatic heterocycles. The third-order valence-electron chi connectivity index (χ3n) is 5.94. The first-order chi connectivity index (χ1) is 9.81. The highest BCUT2D eigenvalue weighted by Gasteiger charge is 2.63. The smallest absolute Gasteiger partial charge is 0.226 e. The number of carbonyl (C=O) groups is 1. The Morgan fingerprint density at radius 2 is 1.85 bits per heavy atom. The number of rotatable bonds is 2. The molecule has 1 unspecified atom stereocenters. The molecule has 1 amide bonds. The van der Waals surface area contributed by atoms with Crippen LogP contribution in [0.4, 0.5) is 0 Å². The van der Waals surface area contributed by atoms with Crippen LogP contribution < -0.4 is 0 Å². The predicted molar refractivity (Wildman–Crippen MR) is 79.4 cm³/mol. The summed E-state index contributed by atoms with van der Waals surface area (Å²) in [6.45, 7) is 1.99. The summed E-state index contributed by atoms with van der Waals surface area (Å²) in [4.78, 5) is 15.1. The molecule has 3 atom stereocenters. The van der Waals surface area contributed by atoms with Crippen molar-refractivity contribution in [1.82, 2.24) is 4.90 Å². The summed E-state index contributed by atoms with van der Waals surface area (Å²) in [5.74, 6) is 1.40. The summed E-state index contributed by atoms with van der Waals surface area (Å²) in [5, 5.41) is 0. The minimum atomic E-state index is 0.181. The van der Waals surface area contributed by atoms with E-state index in [4.69, 9.17) is 0 Å². The fourth-order valence-electron chi connectivity index (χ4n) is 4.93. The van der Waals surface area contributed by atoms with Gasteiger partial charge in [-0.15, -0.1) is 0 Å². The monoisotopic (exact) mass is 269 g/mol. The largest absolute Gasteiger partial charge is 0.342 e. The third-order valence-corrected chi connectivity index (χ3v) is 5.94. The molecule has 2 nitrogen and oxygen atoms in total. The highest BCUT2D eigenvalue weighted by Crippen LogP contribution is 2.64. The van der Waals surface area contributed by atoms with Crippen LogP contribution in [0.15, 0.2) is 30.3 Å². The molecule has 106 valence electrons. The quantitative estimate of drug-likeness (QED) is 0.806. The van der Waals surface area contributed by atoms with Gasteiger partial charge >= 0.3 is 0 Å². The van der Waals surface area contributed by atoms with Gasteiger partial charge in [-0.25, -0.2) is 0 Å². The van der Waals surface area contributed by atoms with E-state index in [9.17, 15) is 4.79 Å². The second kappa shape index (κ2) is 4.61. The van der Waals surface area contributed by atoms with Gasteiger partial charge in [0.1, 0.15) is 0 Å². The molecule has 4 aliphatic rings. The fraction of sp³-hybridized carbons (Fsp3) is 0.611. The van der Waals surface area contributed by atoms with Crippen molar-refractivity contribution in [1.29, 1.82) is 0 Å². The molecule has 1 heterocycles. The lowest BCUT2D eigenvalue weighted by Gasteiger charge is -2.49. The molecule has 4 fully saturated rings. The summed E-state index contributed by atoms with van der Waals surface area (Å²) in [6.07, 6.45) is 7.39. The molecule has 20 heavy (non-hydrogen) atoms. The van der Waals surface area contributed by atoms with E-state index in [2.05, 4.69) is 35.2 Å². The van der Waals surface area contributed by atoms with Crippen LogP contribution in [-0.2, 0) is 10.2 Å². The van der Waals surface area contributed by atoms with Crippen LogP contribution in [-0.4, -0.2) is 23.9 Å². The number of hydrogen-bond acceptors (Lipinski definition) is 1. The molecule has 0 spiro atoms. The number of likely N-dealkylation sites (tertiary alicyclic amines) is 1. The highest BCUT2D eigenvalue weighted by atomic mass is 16.2. The molecule has 0 radical (unpaired) electrons. The van der Waals surface area contributed by atoms with Crippen molar-refractivity contribution in [2.75, 3.05) is 13.1 Å². The number of amides is 1. The maximum absolute atomic E-state index is 12.9. The molecule has 3 saturated carbocycles. The third kappa shape index (κ3) is 1.66. The van der Waals surface area contributed by atoms with E-state index >= 15 is 0 Å². The van der Waals surface area contributed by atoms with Crippen molar-refractivity contribution < 1.29 is 4.79 Å². The lowest BCUT2D eigenvalue weighted by atomic mass is 9.56. The Labute approximate surface area is 121 Å². The number of benzene rings is 1. The van der Waals surface area contributed by atoms with E-state index in [-0.39, 0.29) is 11.3 Å². The van der Waals surface area contributed by atoms with Gasteiger partial charge in [0.2, 0.25) is 5.91 Å². The van der Waals surface area contributed by atoms with Gasteiger partial charge in [-0.05, 0) is 50.0 Å². The van der Waals surface area contributed by atoms with Crippen LogP contribution in [0.5, 0.6) is 0 Å². The zero-order valence-electron chi connectivity index (χ0n) is 12.1. The predicted octanol–water partition coefficient (Wildman–Crippen LogP) is 3.37. The van der Waals surface area contributed by atoms with Gasteiger partial charge in [-0.3, -0.25) is 4.79 Å². The van der Waals surface area contributed by atoms with Gasteiger partial charge in [0.05, 0.1) is 5.92 Å². The maximum atomic E-state index is 12.9. The Morgan fingerprint density at radius 3 is 2.55 bits per heavy atom. The van der Waals surface area contributed by atoms with Crippen LogP contribution >= 0.6 is 0 Å². The summed E-state index contributed by atoms with van der Waals surface area (Å²) in [6, 6.07) is 10.8. The molecule has 1 aliphatic heterocycles. The van der Waals surface area contributed by atoms with Crippen molar-refractivity contribution >= 4 is 5.91 Å². The molecule has 1 saturated heterocycles. The Morgan fingerprint density at radius 1 is 1.10 bits per heavy atom.